The first-order valence-electron chi connectivity index (χ1n) is 12.5. The predicted molar refractivity (Wildman–Crippen MR) is 132 cm³/mol. The summed E-state index contributed by atoms with van der Waals surface area (Å²) in [5.74, 6) is -0.253. The highest BCUT2D eigenvalue weighted by atomic mass is 16.5. The fraction of sp³-hybridized carbons (Fsp3) is 0.444. The maximum atomic E-state index is 13.5. The van der Waals surface area contributed by atoms with Crippen LogP contribution in [0.3, 0.4) is 0 Å². The SMILES string of the molecule is O=C(NCCCN1CCOCC1)c1cccc(CN2C(=O)[C@@H]3CCCN3C(=O)c3ccccc32)c1. The first-order chi connectivity index (χ1) is 17.1. The molecule has 5 rings (SSSR count). The lowest BCUT2D eigenvalue weighted by molar-refractivity contribution is -0.122. The zero-order valence-corrected chi connectivity index (χ0v) is 19.9. The minimum atomic E-state index is -0.423. The Morgan fingerprint density at radius 3 is 2.71 bits per heavy atom. The van der Waals surface area contributed by atoms with Gasteiger partial charge in [-0.05, 0) is 55.6 Å². The molecule has 0 aliphatic carbocycles. The molecule has 8 nitrogen and oxygen atoms in total. The quantitative estimate of drug-likeness (QED) is 0.620. The molecule has 0 unspecified atom stereocenters. The number of benzene rings is 2. The molecule has 2 fully saturated rings. The van der Waals surface area contributed by atoms with Crippen LogP contribution in [0.5, 0.6) is 0 Å². The largest absolute Gasteiger partial charge is 0.379 e. The number of nitrogens with zero attached hydrogens (tertiary/aromatic N) is 3. The summed E-state index contributed by atoms with van der Waals surface area (Å²) in [6.45, 7) is 5.91. The van der Waals surface area contributed by atoms with E-state index >= 15 is 0 Å². The van der Waals surface area contributed by atoms with Crippen molar-refractivity contribution in [3.63, 3.8) is 0 Å². The van der Waals surface area contributed by atoms with Crippen molar-refractivity contribution in [2.75, 3.05) is 50.8 Å². The Kier molecular flexibility index (Phi) is 7.11. The molecule has 35 heavy (non-hydrogen) atoms. The molecule has 2 aromatic carbocycles. The van der Waals surface area contributed by atoms with Crippen molar-refractivity contribution in [3.8, 4) is 0 Å². The van der Waals surface area contributed by atoms with Crippen molar-refractivity contribution >= 4 is 23.4 Å². The fourth-order valence-electron chi connectivity index (χ4n) is 5.20. The number of ether oxygens (including phenoxy) is 1. The van der Waals surface area contributed by atoms with Crippen molar-refractivity contribution in [2.24, 2.45) is 0 Å². The fourth-order valence-corrected chi connectivity index (χ4v) is 5.20. The van der Waals surface area contributed by atoms with E-state index < -0.39 is 6.04 Å². The first-order valence-corrected chi connectivity index (χ1v) is 12.5. The third-order valence-electron chi connectivity index (χ3n) is 7.06. The van der Waals surface area contributed by atoms with Crippen LogP contribution in [0.2, 0.25) is 0 Å². The van der Waals surface area contributed by atoms with Gasteiger partial charge in [-0.3, -0.25) is 19.3 Å². The topological polar surface area (TPSA) is 82.2 Å². The van der Waals surface area contributed by atoms with E-state index in [2.05, 4.69) is 10.2 Å². The summed E-state index contributed by atoms with van der Waals surface area (Å²) in [5.41, 5.74) is 2.62. The van der Waals surface area contributed by atoms with Gasteiger partial charge in [0, 0.05) is 31.7 Å². The third kappa shape index (κ3) is 5.09. The number of carbonyl (C=O) groups is 3. The molecular formula is C27H32N4O4. The average Bonchev–Trinajstić information content (AvgIpc) is 3.37. The Bertz CT molecular complexity index is 1100. The van der Waals surface area contributed by atoms with Gasteiger partial charge in [0.15, 0.2) is 0 Å². The van der Waals surface area contributed by atoms with Crippen LogP contribution in [-0.2, 0) is 16.1 Å². The smallest absolute Gasteiger partial charge is 0.256 e. The number of amides is 3. The van der Waals surface area contributed by atoms with Crippen LogP contribution in [0.1, 0.15) is 45.5 Å². The molecule has 2 saturated heterocycles. The molecule has 0 saturated carbocycles. The second-order valence-electron chi connectivity index (χ2n) is 9.36. The molecule has 0 bridgehead atoms. The summed E-state index contributed by atoms with van der Waals surface area (Å²) in [4.78, 5) is 45.2. The molecule has 0 spiro atoms. The van der Waals surface area contributed by atoms with Gasteiger partial charge in [0.1, 0.15) is 6.04 Å². The van der Waals surface area contributed by atoms with Crippen molar-refractivity contribution in [3.05, 3.63) is 65.2 Å². The monoisotopic (exact) mass is 476 g/mol. The van der Waals surface area contributed by atoms with Gasteiger partial charge in [-0.15, -0.1) is 0 Å². The highest BCUT2D eigenvalue weighted by Gasteiger charge is 2.41. The van der Waals surface area contributed by atoms with Crippen LogP contribution in [-0.4, -0.2) is 79.5 Å². The molecule has 2 aromatic rings. The molecular weight excluding hydrogens is 444 g/mol. The van der Waals surface area contributed by atoms with Gasteiger partial charge >= 0.3 is 0 Å². The molecule has 3 heterocycles. The first kappa shape index (κ1) is 23.5. The van der Waals surface area contributed by atoms with Crippen LogP contribution in [0.15, 0.2) is 48.5 Å². The molecule has 184 valence electrons. The summed E-state index contributed by atoms with van der Waals surface area (Å²) in [7, 11) is 0. The van der Waals surface area contributed by atoms with Gasteiger partial charge in [0.05, 0.1) is 31.0 Å². The lowest BCUT2D eigenvalue weighted by Crippen LogP contribution is -2.44. The van der Waals surface area contributed by atoms with E-state index in [0.717, 1.165) is 51.3 Å². The van der Waals surface area contributed by atoms with Gasteiger partial charge < -0.3 is 19.9 Å². The number of para-hydroxylation sites is 1. The maximum absolute atomic E-state index is 13.5. The maximum Gasteiger partial charge on any atom is 0.256 e. The Morgan fingerprint density at radius 1 is 1.03 bits per heavy atom. The van der Waals surface area contributed by atoms with Crippen LogP contribution in [0, 0.1) is 0 Å². The summed E-state index contributed by atoms with van der Waals surface area (Å²) in [6, 6.07) is 14.3. The highest BCUT2D eigenvalue weighted by molar-refractivity contribution is 6.11. The van der Waals surface area contributed by atoms with Crippen molar-refractivity contribution in [1.82, 2.24) is 15.1 Å². The van der Waals surface area contributed by atoms with Crippen LogP contribution >= 0.6 is 0 Å². The molecule has 3 amide bonds. The molecule has 1 N–H and O–H groups in total. The number of nitrogens with one attached hydrogen (secondary N) is 1. The zero-order chi connectivity index (χ0) is 24.2. The third-order valence-corrected chi connectivity index (χ3v) is 7.06. The summed E-state index contributed by atoms with van der Waals surface area (Å²) < 4.78 is 5.37. The number of fused-ring (bicyclic) bond motifs is 2. The average molecular weight is 477 g/mol. The van der Waals surface area contributed by atoms with Gasteiger partial charge in [-0.25, -0.2) is 0 Å². The van der Waals surface area contributed by atoms with Crippen molar-refractivity contribution < 1.29 is 19.1 Å². The van der Waals surface area contributed by atoms with Gasteiger partial charge in [-0.1, -0.05) is 24.3 Å². The van der Waals surface area contributed by atoms with E-state index in [1.807, 2.05) is 36.4 Å². The Balaban J connectivity index is 1.27. The van der Waals surface area contributed by atoms with E-state index in [1.165, 1.54) is 0 Å². The Morgan fingerprint density at radius 2 is 1.86 bits per heavy atom. The number of rotatable bonds is 7. The minimum absolute atomic E-state index is 0.0567. The lowest BCUT2D eigenvalue weighted by atomic mass is 10.1. The normalized spacial score (nSPS) is 20.4. The van der Waals surface area contributed by atoms with Gasteiger partial charge in [-0.2, -0.15) is 0 Å². The second kappa shape index (κ2) is 10.6. The van der Waals surface area contributed by atoms with E-state index in [9.17, 15) is 14.4 Å². The summed E-state index contributed by atoms with van der Waals surface area (Å²) in [6.07, 6.45) is 2.40. The Labute approximate surface area is 205 Å². The molecule has 3 aliphatic rings. The number of hydrogen-bond acceptors (Lipinski definition) is 5. The van der Waals surface area contributed by atoms with E-state index in [0.29, 0.717) is 42.9 Å². The van der Waals surface area contributed by atoms with Crippen LogP contribution in [0.25, 0.3) is 0 Å². The molecule has 3 aliphatic heterocycles. The molecule has 8 heteroatoms. The summed E-state index contributed by atoms with van der Waals surface area (Å²) >= 11 is 0. The van der Waals surface area contributed by atoms with Gasteiger partial charge in [0.2, 0.25) is 5.91 Å². The molecule has 0 radical (unpaired) electrons. The van der Waals surface area contributed by atoms with Crippen molar-refractivity contribution in [1.29, 1.82) is 0 Å². The number of hydrogen-bond donors (Lipinski definition) is 1. The van der Waals surface area contributed by atoms with E-state index in [-0.39, 0.29) is 17.7 Å². The van der Waals surface area contributed by atoms with E-state index in [4.69, 9.17) is 4.74 Å². The molecule has 0 aromatic heterocycles. The zero-order valence-electron chi connectivity index (χ0n) is 19.9. The van der Waals surface area contributed by atoms with Crippen LogP contribution in [0.4, 0.5) is 5.69 Å². The predicted octanol–water partition coefficient (Wildman–Crippen LogP) is 2.29. The number of morpholine rings is 1. The standard InChI is InChI=1S/C27H32N4O4/c32-25(28-11-5-12-29-14-16-35-17-15-29)21-7-3-6-20(18-21)19-31-23-9-2-1-8-22(23)26(33)30-13-4-10-24(30)27(31)34/h1-3,6-9,18,24H,4-5,10-17,19H2,(H,28,32)/t24-/m0/s1. The van der Waals surface area contributed by atoms with Crippen molar-refractivity contribution in [2.45, 2.75) is 31.8 Å². The number of anilines is 1. The highest BCUT2D eigenvalue weighted by Crippen LogP contribution is 2.33. The number of carbonyl (C=O) groups excluding carboxylic acids is 3. The molecule has 1 atom stereocenters. The Hall–Kier alpha value is -3.23. The van der Waals surface area contributed by atoms with Gasteiger partial charge in [0.25, 0.3) is 11.8 Å². The minimum Gasteiger partial charge on any atom is -0.379 e. The van der Waals surface area contributed by atoms with Crippen LogP contribution < -0.4 is 10.2 Å². The summed E-state index contributed by atoms with van der Waals surface area (Å²) in [5, 5.41) is 3.01. The lowest BCUT2D eigenvalue weighted by Gasteiger charge is -2.26. The van der Waals surface area contributed by atoms with E-state index in [1.54, 1.807) is 21.9 Å². The second-order valence-corrected chi connectivity index (χ2v) is 9.36.